The fourth-order valence-corrected chi connectivity index (χ4v) is 2.81. The highest BCUT2D eigenvalue weighted by molar-refractivity contribution is 6.10. The standard InChI is InChI=1S/C19H25N3O5/c1-13(23)21-9-11-22(12-10-21)18(26)19(2,3)17(25)20-15-7-5-14(6-8-15)16(24)27-4/h5-8H,9-12H2,1-4H3,(H,20,25). The van der Waals surface area contributed by atoms with Gasteiger partial charge in [-0.1, -0.05) is 0 Å². The number of amides is 3. The number of ether oxygens (including phenoxy) is 1. The Morgan fingerprint density at radius 3 is 1.96 bits per heavy atom. The molecule has 1 heterocycles. The van der Waals surface area contributed by atoms with Crippen LogP contribution in [0.5, 0.6) is 0 Å². The zero-order valence-electron chi connectivity index (χ0n) is 16.1. The van der Waals surface area contributed by atoms with Crippen LogP contribution in [0.1, 0.15) is 31.1 Å². The molecular weight excluding hydrogens is 350 g/mol. The Morgan fingerprint density at radius 1 is 0.963 bits per heavy atom. The number of nitrogens with one attached hydrogen (secondary N) is 1. The number of methoxy groups -OCH3 is 1. The first kappa shape index (κ1) is 20.4. The molecule has 1 saturated heterocycles. The van der Waals surface area contributed by atoms with E-state index in [1.54, 1.807) is 35.8 Å². The van der Waals surface area contributed by atoms with E-state index in [0.717, 1.165) is 0 Å². The van der Waals surface area contributed by atoms with Crippen LogP contribution in [0.15, 0.2) is 24.3 Å². The molecule has 1 aromatic carbocycles. The van der Waals surface area contributed by atoms with Gasteiger partial charge < -0.3 is 19.9 Å². The smallest absolute Gasteiger partial charge is 0.337 e. The van der Waals surface area contributed by atoms with Crippen LogP contribution in [0.3, 0.4) is 0 Å². The summed E-state index contributed by atoms with van der Waals surface area (Å²) < 4.78 is 4.63. The van der Waals surface area contributed by atoms with E-state index in [2.05, 4.69) is 10.1 Å². The second-order valence-corrected chi connectivity index (χ2v) is 6.95. The van der Waals surface area contributed by atoms with Crippen LogP contribution in [0.4, 0.5) is 5.69 Å². The van der Waals surface area contributed by atoms with Gasteiger partial charge in [0.1, 0.15) is 5.41 Å². The second-order valence-electron chi connectivity index (χ2n) is 6.95. The van der Waals surface area contributed by atoms with Gasteiger partial charge in [-0.05, 0) is 38.1 Å². The molecule has 146 valence electrons. The van der Waals surface area contributed by atoms with Gasteiger partial charge >= 0.3 is 5.97 Å². The molecule has 1 fully saturated rings. The number of hydrogen-bond donors (Lipinski definition) is 1. The van der Waals surface area contributed by atoms with Crippen LogP contribution < -0.4 is 5.32 Å². The summed E-state index contributed by atoms with van der Waals surface area (Å²) in [7, 11) is 1.29. The number of piperazine rings is 1. The number of carbonyl (C=O) groups is 4. The minimum absolute atomic E-state index is 0.0190. The van der Waals surface area contributed by atoms with Crippen molar-refractivity contribution in [2.75, 3.05) is 38.6 Å². The van der Waals surface area contributed by atoms with E-state index < -0.39 is 17.3 Å². The fraction of sp³-hybridized carbons (Fsp3) is 0.474. The summed E-state index contributed by atoms with van der Waals surface area (Å²) in [4.78, 5) is 51.6. The molecule has 8 nitrogen and oxygen atoms in total. The molecule has 0 spiro atoms. The molecule has 0 bridgehead atoms. The first-order chi connectivity index (χ1) is 12.7. The predicted octanol–water partition coefficient (Wildman–Crippen LogP) is 1.13. The van der Waals surface area contributed by atoms with Crippen LogP contribution in [0.2, 0.25) is 0 Å². The average molecular weight is 375 g/mol. The molecule has 0 aliphatic carbocycles. The van der Waals surface area contributed by atoms with Crippen molar-refractivity contribution in [2.24, 2.45) is 5.41 Å². The SMILES string of the molecule is COC(=O)c1ccc(NC(=O)C(C)(C)C(=O)N2CCN(C(C)=O)CC2)cc1. The van der Waals surface area contributed by atoms with Crippen molar-refractivity contribution in [1.29, 1.82) is 0 Å². The van der Waals surface area contributed by atoms with E-state index in [1.165, 1.54) is 26.2 Å². The number of rotatable bonds is 4. The Morgan fingerprint density at radius 2 is 1.48 bits per heavy atom. The Hall–Kier alpha value is -2.90. The summed E-state index contributed by atoms with van der Waals surface area (Å²) in [5, 5.41) is 2.71. The van der Waals surface area contributed by atoms with Gasteiger partial charge in [-0.2, -0.15) is 0 Å². The van der Waals surface area contributed by atoms with Gasteiger partial charge in [-0.15, -0.1) is 0 Å². The lowest BCUT2D eigenvalue weighted by atomic mass is 9.89. The third-order valence-electron chi connectivity index (χ3n) is 4.68. The van der Waals surface area contributed by atoms with E-state index in [9.17, 15) is 19.2 Å². The Balaban J connectivity index is 2.00. The highest BCUT2D eigenvalue weighted by atomic mass is 16.5. The number of hydrogen-bond acceptors (Lipinski definition) is 5. The van der Waals surface area contributed by atoms with Crippen molar-refractivity contribution in [2.45, 2.75) is 20.8 Å². The molecule has 8 heteroatoms. The third-order valence-corrected chi connectivity index (χ3v) is 4.68. The molecule has 0 radical (unpaired) electrons. The molecule has 0 saturated carbocycles. The zero-order valence-corrected chi connectivity index (χ0v) is 16.1. The van der Waals surface area contributed by atoms with Crippen molar-refractivity contribution in [3.63, 3.8) is 0 Å². The first-order valence-corrected chi connectivity index (χ1v) is 8.71. The van der Waals surface area contributed by atoms with Crippen LogP contribution in [-0.4, -0.2) is 66.8 Å². The Kier molecular flexibility index (Phi) is 6.20. The first-order valence-electron chi connectivity index (χ1n) is 8.71. The van der Waals surface area contributed by atoms with E-state index in [-0.39, 0.29) is 11.8 Å². The van der Waals surface area contributed by atoms with Gasteiger partial charge in [0.05, 0.1) is 12.7 Å². The van der Waals surface area contributed by atoms with Gasteiger partial charge in [-0.3, -0.25) is 14.4 Å². The predicted molar refractivity (Wildman–Crippen MR) is 99.0 cm³/mol. The monoisotopic (exact) mass is 375 g/mol. The van der Waals surface area contributed by atoms with Crippen LogP contribution >= 0.6 is 0 Å². The maximum atomic E-state index is 12.8. The molecule has 27 heavy (non-hydrogen) atoms. The van der Waals surface area contributed by atoms with Crippen LogP contribution in [0, 0.1) is 5.41 Å². The van der Waals surface area contributed by atoms with Crippen molar-refractivity contribution in [3.05, 3.63) is 29.8 Å². The summed E-state index contributed by atoms with van der Waals surface area (Å²) in [6, 6.07) is 6.24. The quantitative estimate of drug-likeness (QED) is 0.629. The maximum Gasteiger partial charge on any atom is 0.337 e. The molecule has 1 aromatic rings. The molecule has 2 rings (SSSR count). The minimum atomic E-state index is -1.26. The summed E-state index contributed by atoms with van der Waals surface area (Å²) in [6.45, 7) is 6.39. The normalized spacial score (nSPS) is 14.5. The number of nitrogens with zero attached hydrogens (tertiary/aromatic N) is 2. The largest absolute Gasteiger partial charge is 0.465 e. The van der Waals surface area contributed by atoms with Crippen molar-refractivity contribution >= 4 is 29.4 Å². The number of esters is 1. The van der Waals surface area contributed by atoms with Gasteiger partial charge in [0.2, 0.25) is 17.7 Å². The lowest BCUT2D eigenvalue weighted by Crippen LogP contribution is -2.55. The van der Waals surface area contributed by atoms with E-state index >= 15 is 0 Å². The molecule has 0 atom stereocenters. The molecule has 3 amide bonds. The fourth-order valence-electron chi connectivity index (χ4n) is 2.81. The Labute approximate surface area is 158 Å². The molecule has 1 aliphatic heterocycles. The summed E-state index contributed by atoms with van der Waals surface area (Å²) in [6.07, 6.45) is 0. The maximum absolute atomic E-state index is 12.8. The highest BCUT2D eigenvalue weighted by Crippen LogP contribution is 2.23. The van der Waals surface area contributed by atoms with Crippen molar-refractivity contribution in [3.8, 4) is 0 Å². The summed E-state index contributed by atoms with van der Waals surface area (Å²) in [5.74, 6) is -1.20. The van der Waals surface area contributed by atoms with Gasteiger partial charge in [-0.25, -0.2) is 4.79 Å². The molecule has 0 aromatic heterocycles. The van der Waals surface area contributed by atoms with E-state index in [0.29, 0.717) is 37.4 Å². The summed E-state index contributed by atoms with van der Waals surface area (Å²) in [5.41, 5.74) is -0.413. The number of benzene rings is 1. The van der Waals surface area contributed by atoms with Crippen molar-refractivity contribution in [1.82, 2.24) is 9.80 Å². The zero-order chi connectivity index (χ0) is 20.2. The van der Waals surface area contributed by atoms with E-state index in [4.69, 9.17) is 0 Å². The van der Waals surface area contributed by atoms with Crippen LogP contribution in [0.25, 0.3) is 0 Å². The lowest BCUT2D eigenvalue weighted by Gasteiger charge is -2.37. The van der Waals surface area contributed by atoms with E-state index in [1.807, 2.05) is 0 Å². The van der Waals surface area contributed by atoms with Gasteiger partial charge in [0.15, 0.2) is 0 Å². The third kappa shape index (κ3) is 4.64. The minimum Gasteiger partial charge on any atom is -0.465 e. The van der Waals surface area contributed by atoms with Gasteiger partial charge in [0.25, 0.3) is 0 Å². The highest BCUT2D eigenvalue weighted by Gasteiger charge is 2.40. The lowest BCUT2D eigenvalue weighted by molar-refractivity contribution is -0.149. The van der Waals surface area contributed by atoms with Gasteiger partial charge in [0, 0.05) is 38.8 Å². The summed E-state index contributed by atoms with van der Waals surface area (Å²) >= 11 is 0. The number of carbonyl (C=O) groups excluding carboxylic acids is 4. The van der Waals surface area contributed by atoms with Crippen molar-refractivity contribution < 1.29 is 23.9 Å². The Bertz CT molecular complexity index is 734. The molecular formula is C19H25N3O5. The molecule has 0 unspecified atom stereocenters. The van der Waals surface area contributed by atoms with Crippen LogP contribution in [-0.2, 0) is 19.1 Å². The second kappa shape index (κ2) is 8.20. The number of anilines is 1. The molecule has 1 aliphatic rings. The molecule has 1 N–H and O–H groups in total. The topological polar surface area (TPSA) is 96.0 Å². The average Bonchev–Trinajstić information content (AvgIpc) is 2.67.